The average Bonchev–Trinajstić information content (AvgIpc) is 2.83. The molecule has 0 bridgehead atoms. The summed E-state index contributed by atoms with van der Waals surface area (Å²) in [7, 11) is 0. The van der Waals surface area contributed by atoms with E-state index in [0.717, 1.165) is 0 Å². The first kappa shape index (κ1) is 11.4. The number of ether oxygens (including phenoxy) is 4. The first-order valence-electron chi connectivity index (χ1n) is 5.83. The van der Waals surface area contributed by atoms with Crippen LogP contribution in [0, 0.1) is 0 Å². The molecule has 3 aliphatic rings. The molecule has 5 atom stereocenters. The van der Waals surface area contributed by atoms with Gasteiger partial charge in [0.05, 0.1) is 6.61 Å². The first-order chi connectivity index (χ1) is 7.96. The largest absolute Gasteiger partial charge is 0.450 e. The van der Waals surface area contributed by atoms with E-state index in [0.29, 0.717) is 12.5 Å². The molecule has 0 aromatic heterocycles. The molecule has 1 N–H and O–H groups in total. The Morgan fingerprint density at radius 1 is 1.41 bits per heavy atom. The summed E-state index contributed by atoms with van der Waals surface area (Å²) in [4.78, 5) is 4.21. The summed E-state index contributed by atoms with van der Waals surface area (Å²) >= 11 is 0. The van der Waals surface area contributed by atoms with Crippen LogP contribution >= 0.6 is 0 Å². The van der Waals surface area contributed by atoms with Crippen LogP contribution in [0.4, 0.5) is 0 Å². The number of hydrogen-bond donors (Lipinski definition) is 1. The molecule has 3 aliphatic heterocycles. The zero-order valence-corrected chi connectivity index (χ0v) is 10.1. The summed E-state index contributed by atoms with van der Waals surface area (Å²) in [6.45, 7) is 5.85. The van der Waals surface area contributed by atoms with Crippen molar-refractivity contribution in [2.24, 2.45) is 4.99 Å². The Hall–Kier alpha value is -0.690. The number of rotatable bonds is 1. The van der Waals surface area contributed by atoms with Crippen LogP contribution < -0.4 is 0 Å². The highest BCUT2D eigenvalue weighted by molar-refractivity contribution is 5.75. The molecular formula is C11H17NO5. The van der Waals surface area contributed by atoms with Crippen LogP contribution in [-0.4, -0.2) is 54.0 Å². The molecule has 3 rings (SSSR count). The Morgan fingerprint density at radius 3 is 2.76 bits per heavy atom. The Kier molecular flexibility index (Phi) is 2.45. The van der Waals surface area contributed by atoms with Crippen molar-refractivity contribution < 1.29 is 24.1 Å². The van der Waals surface area contributed by atoms with Crippen LogP contribution in [0.3, 0.4) is 0 Å². The van der Waals surface area contributed by atoms with Crippen LogP contribution in [0.15, 0.2) is 4.99 Å². The highest BCUT2D eigenvalue weighted by atomic mass is 16.8. The molecule has 17 heavy (non-hydrogen) atoms. The van der Waals surface area contributed by atoms with Gasteiger partial charge < -0.3 is 24.1 Å². The molecule has 0 aromatic rings. The summed E-state index contributed by atoms with van der Waals surface area (Å²) in [5, 5.41) is 10.2. The lowest BCUT2D eigenvalue weighted by molar-refractivity contribution is -0.172. The van der Waals surface area contributed by atoms with Gasteiger partial charge in [-0.05, 0) is 13.8 Å². The zero-order valence-electron chi connectivity index (χ0n) is 10.1. The molecule has 0 spiro atoms. The van der Waals surface area contributed by atoms with Crippen LogP contribution in [0.2, 0.25) is 0 Å². The molecule has 6 heteroatoms. The molecule has 3 heterocycles. The highest BCUT2D eigenvalue weighted by Crippen LogP contribution is 2.35. The number of hydrogen-bond acceptors (Lipinski definition) is 6. The van der Waals surface area contributed by atoms with E-state index >= 15 is 0 Å². The van der Waals surface area contributed by atoms with E-state index in [1.165, 1.54) is 0 Å². The summed E-state index contributed by atoms with van der Waals surface area (Å²) in [6, 6.07) is -0.340. The van der Waals surface area contributed by atoms with Gasteiger partial charge in [-0.15, -0.1) is 0 Å². The molecule has 96 valence electrons. The monoisotopic (exact) mass is 243 g/mol. The van der Waals surface area contributed by atoms with Crippen molar-refractivity contribution in [3.8, 4) is 0 Å². The lowest BCUT2D eigenvalue weighted by Gasteiger charge is -2.22. The lowest BCUT2D eigenvalue weighted by atomic mass is 10.1. The van der Waals surface area contributed by atoms with Crippen molar-refractivity contribution in [2.75, 3.05) is 6.61 Å². The molecule has 2 fully saturated rings. The number of fused-ring (bicyclic) bond motifs is 1. The van der Waals surface area contributed by atoms with E-state index < -0.39 is 24.3 Å². The third kappa shape index (κ3) is 1.85. The van der Waals surface area contributed by atoms with Gasteiger partial charge in [-0.3, -0.25) is 0 Å². The maximum absolute atomic E-state index is 10.2. The minimum atomic E-state index is -0.708. The van der Waals surface area contributed by atoms with E-state index in [1.54, 1.807) is 6.92 Å². The molecule has 0 aliphatic carbocycles. The van der Waals surface area contributed by atoms with E-state index in [9.17, 15) is 5.11 Å². The lowest BCUT2D eigenvalue weighted by Crippen LogP contribution is -2.40. The van der Waals surface area contributed by atoms with E-state index in [2.05, 4.69) is 4.99 Å². The summed E-state index contributed by atoms with van der Waals surface area (Å²) in [6.07, 6.45) is -1.91. The van der Waals surface area contributed by atoms with Crippen molar-refractivity contribution in [1.82, 2.24) is 0 Å². The molecule has 0 saturated carbocycles. The third-order valence-corrected chi connectivity index (χ3v) is 3.27. The fourth-order valence-corrected chi connectivity index (χ4v) is 2.50. The Labute approximate surface area is 99.5 Å². The highest BCUT2D eigenvalue weighted by Gasteiger charge is 2.53. The van der Waals surface area contributed by atoms with E-state index in [4.69, 9.17) is 18.9 Å². The standard InChI is InChI=1S/C11H17NO5/c1-5-12-7-8(13)9(16-10(7)15-5)6-4-14-11(2,3)17-6/h6-10,13H,4H2,1-3H3/t6-,7-,8-,9?,10+/m1/s1. The second-order valence-electron chi connectivity index (χ2n) is 5.08. The van der Waals surface area contributed by atoms with Crippen molar-refractivity contribution in [2.45, 2.75) is 57.2 Å². The maximum atomic E-state index is 10.2. The van der Waals surface area contributed by atoms with Gasteiger partial charge in [0.25, 0.3) is 0 Å². The fraction of sp³-hybridized carbons (Fsp3) is 0.909. The first-order valence-corrected chi connectivity index (χ1v) is 5.83. The number of aliphatic hydroxyl groups excluding tert-OH is 1. The van der Waals surface area contributed by atoms with Crippen molar-refractivity contribution >= 4 is 5.90 Å². The molecule has 6 nitrogen and oxygen atoms in total. The number of aliphatic hydroxyl groups is 1. The van der Waals surface area contributed by atoms with Gasteiger partial charge in [0.15, 0.2) is 11.7 Å². The summed E-state index contributed by atoms with van der Waals surface area (Å²) in [5.41, 5.74) is 0. The topological polar surface area (TPSA) is 69.5 Å². The van der Waals surface area contributed by atoms with Gasteiger partial charge in [0, 0.05) is 6.92 Å². The van der Waals surface area contributed by atoms with Gasteiger partial charge in [-0.1, -0.05) is 0 Å². The van der Waals surface area contributed by atoms with Gasteiger partial charge in [-0.25, -0.2) is 4.99 Å². The smallest absolute Gasteiger partial charge is 0.227 e. The van der Waals surface area contributed by atoms with Crippen molar-refractivity contribution in [3.05, 3.63) is 0 Å². The quantitative estimate of drug-likeness (QED) is 0.704. The maximum Gasteiger partial charge on any atom is 0.227 e. The van der Waals surface area contributed by atoms with E-state index in [-0.39, 0.29) is 12.1 Å². The normalized spacial score (nSPS) is 47.8. The molecule has 0 aromatic carbocycles. The Morgan fingerprint density at radius 2 is 2.18 bits per heavy atom. The van der Waals surface area contributed by atoms with Crippen LogP contribution in [0.1, 0.15) is 20.8 Å². The summed E-state index contributed by atoms with van der Waals surface area (Å²) < 4.78 is 22.2. The van der Waals surface area contributed by atoms with Crippen LogP contribution in [0.5, 0.6) is 0 Å². The Balaban J connectivity index is 1.71. The number of aliphatic imine (C=N–C) groups is 1. The molecule has 0 amide bonds. The minimum Gasteiger partial charge on any atom is -0.450 e. The molecule has 0 radical (unpaired) electrons. The predicted molar refractivity (Wildman–Crippen MR) is 57.6 cm³/mol. The molecular weight excluding hydrogens is 226 g/mol. The zero-order chi connectivity index (χ0) is 12.2. The molecule has 2 saturated heterocycles. The van der Waals surface area contributed by atoms with Crippen molar-refractivity contribution in [1.29, 1.82) is 0 Å². The van der Waals surface area contributed by atoms with Crippen LogP contribution in [0.25, 0.3) is 0 Å². The van der Waals surface area contributed by atoms with Gasteiger partial charge >= 0.3 is 0 Å². The molecule has 1 unspecified atom stereocenters. The second kappa shape index (κ2) is 3.65. The predicted octanol–water partition coefficient (Wildman–Crippen LogP) is 0.0409. The summed E-state index contributed by atoms with van der Waals surface area (Å²) in [5.74, 6) is -0.0627. The minimum absolute atomic E-state index is 0.273. The van der Waals surface area contributed by atoms with Crippen molar-refractivity contribution in [3.63, 3.8) is 0 Å². The van der Waals surface area contributed by atoms with Gasteiger partial charge in [0.2, 0.25) is 6.29 Å². The second-order valence-corrected chi connectivity index (χ2v) is 5.08. The average molecular weight is 243 g/mol. The van der Waals surface area contributed by atoms with E-state index in [1.807, 2.05) is 13.8 Å². The fourth-order valence-electron chi connectivity index (χ4n) is 2.50. The number of nitrogens with zero attached hydrogens (tertiary/aromatic N) is 1. The Bertz CT molecular complexity index is 356. The van der Waals surface area contributed by atoms with Gasteiger partial charge in [0.1, 0.15) is 24.4 Å². The SMILES string of the molecule is CC1=N[C@H]2[C@@H](O1)OC([C@H]1COC(C)(C)O1)[C@@H]2O. The van der Waals surface area contributed by atoms with Gasteiger partial charge in [-0.2, -0.15) is 0 Å². The van der Waals surface area contributed by atoms with Crippen LogP contribution in [-0.2, 0) is 18.9 Å². The third-order valence-electron chi connectivity index (χ3n) is 3.27.